The van der Waals surface area contributed by atoms with Gasteiger partial charge >= 0.3 is 0 Å². The van der Waals surface area contributed by atoms with Crippen molar-refractivity contribution >= 4 is 0 Å². The molecule has 0 aromatic rings. The fourth-order valence-electron chi connectivity index (χ4n) is 2.41. The molecule has 0 aliphatic carbocycles. The molecule has 1 saturated heterocycles. The maximum Gasteiger partial charge on any atom is 0.0374 e. The van der Waals surface area contributed by atoms with E-state index in [4.69, 9.17) is 6.42 Å². The quantitative estimate of drug-likeness (QED) is 0.690. The molecule has 16 heavy (non-hydrogen) atoms. The zero-order chi connectivity index (χ0) is 12.0. The van der Waals surface area contributed by atoms with Gasteiger partial charge in [0.1, 0.15) is 0 Å². The highest BCUT2D eigenvalue weighted by atomic mass is 15.3. The Morgan fingerprint density at radius 3 is 2.81 bits per heavy atom. The van der Waals surface area contributed by atoms with Gasteiger partial charge in [-0.2, -0.15) is 0 Å². The van der Waals surface area contributed by atoms with Crippen molar-refractivity contribution in [3.63, 3.8) is 0 Å². The highest BCUT2D eigenvalue weighted by Crippen LogP contribution is 2.13. The molecule has 1 aliphatic rings. The molecule has 2 atom stereocenters. The molecule has 1 N–H and O–H groups in total. The zero-order valence-corrected chi connectivity index (χ0v) is 10.9. The van der Waals surface area contributed by atoms with E-state index in [0.717, 1.165) is 32.5 Å². The molecule has 1 aliphatic heterocycles. The minimum atomic E-state index is 0.522. The van der Waals surface area contributed by atoms with Gasteiger partial charge in [0.05, 0.1) is 0 Å². The third-order valence-corrected chi connectivity index (χ3v) is 3.43. The lowest BCUT2D eigenvalue weighted by atomic mass is 9.99. The molecule has 0 amide bonds. The molecule has 1 fully saturated rings. The van der Waals surface area contributed by atoms with Gasteiger partial charge in [0.2, 0.25) is 0 Å². The van der Waals surface area contributed by atoms with Crippen LogP contribution in [0.2, 0.25) is 0 Å². The van der Waals surface area contributed by atoms with Crippen LogP contribution in [0.25, 0.3) is 0 Å². The number of nitrogens with zero attached hydrogens (tertiary/aromatic N) is 2. The lowest BCUT2D eigenvalue weighted by molar-refractivity contribution is 0.0861. The standard InChI is InChI=1S/C13H25N3/c1-5-7-8-12(14-6-2)13-11-15(3)9-10-16(13)4/h1,12-14H,6-11H2,2-4H3. The second-order valence-corrected chi connectivity index (χ2v) is 4.72. The van der Waals surface area contributed by atoms with Gasteiger partial charge in [0.25, 0.3) is 0 Å². The minimum Gasteiger partial charge on any atom is -0.313 e. The predicted octanol–water partition coefficient (Wildman–Crippen LogP) is 0.624. The molecule has 3 heteroatoms. The summed E-state index contributed by atoms with van der Waals surface area (Å²) in [7, 11) is 4.42. The lowest BCUT2D eigenvalue weighted by Crippen LogP contribution is -2.58. The van der Waals surface area contributed by atoms with Crippen molar-refractivity contribution in [1.29, 1.82) is 0 Å². The summed E-state index contributed by atoms with van der Waals surface area (Å²) in [5, 5.41) is 3.57. The molecule has 0 spiro atoms. The summed E-state index contributed by atoms with van der Waals surface area (Å²) in [6.45, 7) is 6.64. The van der Waals surface area contributed by atoms with Crippen LogP contribution in [0.15, 0.2) is 0 Å². The third-order valence-electron chi connectivity index (χ3n) is 3.43. The Balaban J connectivity index is 2.56. The molecule has 1 heterocycles. The maximum absolute atomic E-state index is 5.36. The Labute approximate surface area is 100 Å². The van der Waals surface area contributed by atoms with Crippen LogP contribution in [0.3, 0.4) is 0 Å². The van der Waals surface area contributed by atoms with Gasteiger partial charge < -0.3 is 10.2 Å². The highest BCUT2D eigenvalue weighted by molar-refractivity contribution is 4.92. The largest absolute Gasteiger partial charge is 0.313 e. The first-order chi connectivity index (χ1) is 7.69. The molecular formula is C13H25N3. The SMILES string of the molecule is C#CCCC(NCC)C1CN(C)CCN1C. The van der Waals surface area contributed by atoms with E-state index in [1.807, 2.05) is 0 Å². The number of hydrogen-bond donors (Lipinski definition) is 1. The number of likely N-dealkylation sites (N-methyl/N-ethyl adjacent to an activating group) is 3. The fourth-order valence-corrected chi connectivity index (χ4v) is 2.41. The lowest BCUT2D eigenvalue weighted by Gasteiger charge is -2.42. The van der Waals surface area contributed by atoms with E-state index in [-0.39, 0.29) is 0 Å². The zero-order valence-electron chi connectivity index (χ0n) is 10.9. The summed E-state index contributed by atoms with van der Waals surface area (Å²) in [4.78, 5) is 4.87. The minimum absolute atomic E-state index is 0.522. The molecule has 0 radical (unpaired) electrons. The Bertz CT molecular complexity index is 234. The van der Waals surface area contributed by atoms with E-state index in [2.05, 4.69) is 42.1 Å². The average Bonchev–Trinajstić information content (AvgIpc) is 2.28. The molecule has 1 rings (SSSR count). The number of rotatable bonds is 5. The number of nitrogens with one attached hydrogen (secondary N) is 1. The molecule has 0 aromatic carbocycles. The van der Waals surface area contributed by atoms with Gasteiger partial charge in [-0.05, 0) is 27.1 Å². The molecule has 2 unspecified atom stereocenters. The van der Waals surface area contributed by atoms with E-state index in [0.29, 0.717) is 12.1 Å². The van der Waals surface area contributed by atoms with E-state index < -0.39 is 0 Å². The predicted molar refractivity (Wildman–Crippen MR) is 69.4 cm³/mol. The number of piperazine rings is 1. The molecule has 3 nitrogen and oxygen atoms in total. The Kier molecular flexibility index (Phi) is 5.83. The summed E-state index contributed by atoms with van der Waals surface area (Å²) in [5.41, 5.74) is 0. The van der Waals surface area contributed by atoms with Gasteiger partial charge in [-0.3, -0.25) is 4.90 Å². The van der Waals surface area contributed by atoms with Crippen molar-refractivity contribution < 1.29 is 0 Å². The van der Waals surface area contributed by atoms with Crippen molar-refractivity contribution in [3.05, 3.63) is 0 Å². The van der Waals surface area contributed by atoms with E-state index in [1.54, 1.807) is 0 Å². The van der Waals surface area contributed by atoms with E-state index >= 15 is 0 Å². The van der Waals surface area contributed by atoms with Crippen LogP contribution in [0.4, 0.5) is 0 Å². The van der Waals surface area contributed by atoms with Gasteiger partial charge in [-0.25, -0.2) is 0 Å². The average molecular weight is 223 g/mol. The first kappa shape index (κ1) is 13.5. The number of terminal acetylenes is 1. The van der Waals surface area contributed by atoms with Crippen molar-refractivity contribution in [2.24, 2.45) is 0 Å². The van der Waals surface area contributed by atoms with Crippen LogP contribution in [0.1, 0.15) is 19.8 Å². The maximum atomic E-state index is 5.36. The molecular weight excluding hydrogens is 198 g/mol. The van der Waals surface area contributed by atoms with Gasteiger partial charge in [-0.1, -0.05) is 6.92 Å². The fraction of sp³-hybridized carbons (Fsp3) is 0.846. The number of hydrogen-bond acceptors (Lipinski definition) is 3. The van der Waals surface area contributed by atoms with Crippen molar-refractivity contribution in [1.82, 2.24) is 15.1 Å². The van der Waals surface area contributed by atoms with Gasteiger partial charge in [-0.15, -0.1) is 12.3 Å². The van der Waals surface area contributed by atoms with Crippen molar-refractivity contribution in [3.8, 4) is 12.3 Å². The summed E-state index contributed by atoms with van der Waals surface area (Å²) < 4.78 is 0. The summed E-state index contributed by atoms with van der Waals surface area (Å²) in [6, 6.07) is 1.11. The van der Waals surface area contributed by atoms with Crippen LogP contribution < -0.4 is 5.32 Å². The van der Waals surface area contributed by atoms with Crippen LogP contribution >= 0.6 is 0 Å². The third kappa shape index (κ3) is 3.79. The van der Waals surface area contributed by atoms with Crippen molar-refractivity contribution in [2.45, 2.75) is 31.8 Å². The topological polar surface area (TPSA) is 18.5 Å². The van der Waals surface area contributed by atoms with Gasteiger partial charge in [0, 0.05) is 38.1 Å². The Morgan fingerprint density at radius 1 is 1.44 bits per heavy atom. The van der Waals surface area contributed by atoms with Crippen LogP contribution in [0.5, 0.6) is 0 Å². The van der Waals surface area contributed by atoms with E-state index in [1.165, 1.54) is 6.54 Å². The van der Waals surface area contributed by atoms with Crippen molar-refractivity contribution in [2.75, 3.05) is 40.3 Å². The first-order valence-electron chi connectivity index (χ1n) is 6.24. The molecule has 0 bridgehead atoms. The van der Waals surface area contributed by atoms with E-state index in [9.17, 15) is 0 Å². The Morgan fingerprint density at radius 2 is 2.19 bits per heavy atom. The normalized spacial score (nSPS) is 25.2. The summed E-state index contributed by atoms with van der Waals surface area (Å²) >= 11 is 0. The van der Waals surface area contributed by atoms with Crippen LogP contribution in [0, 0.1) is 12.3 Å². The second-order valence-electron chi connectivity index (χ2n) is 4.72. The van der Waals surface area contributed by atoms with Crippen LogP contribution in [-0.4, -0.2) is 62.2 Å². The molecule has 92 valence electrons. The Hall–Kier alpha value is -0.560. The molecule has 0 saturated carbocycles. The molecule has 0 aromatic heterocycles. The summed E-state index contributed by atoms with van der Waals surface area (Å²) in [6.07, 6.45) is 7.31. The van der Waals surface area contributed by atoms with Gasteiger partial charge in [0.15, 0.2) is 0 Å². The highest BCUT2D eigenvalue weighted by Gasteiger charge is 2.28. The first-order valence-corrected chi connectivity index (χ1v) is 6.24. The monoisotopic (exact) mass is 223 g/mol. The van der Waals surface area contributed by atoms with Crippen LogP contribution in [-0.2, 0) is 0 Å². The second kappa shape index (κ2) is 6.90. The smallest absolute Gasteiger partial charge is 0.0374 e. The summed E-state index contributed by atoms with van der Waals surface area (Å²) in [5.74, 6) is 2.75.